The zero-order chi connectivity index (χ0) is 27.5. The summed E-state index contributed by atoms with van der Waals surface area (Å²) in [4.78, 5) is 21.8. The standard InChI is InChI=1S/C32H35N3O3S2/c36-31(16-11-24-7-3-1-4-8-24)33-32-35(29-22-40(37,38)23-30(29)39-32)28-14-12-27(13-15-28)34-19-17-26(18-20-34)21-25-9-5-2-6-10-25/h1-10,12-15,26,29-30H,11,16-23H2/t29-,30+/m0/s1. The molecule has 6 nitrogen and oxygen atoms in total. The molecule has 0 N–H and O–H groups in total. The van der Waals surface area contributed by atoms with Crippen molar-refractivity contribution in [1.82, 2.24) is 0 Å². The van der Waals surface area contributed by atoms with Crippen LogP contribution in [0.5, 0.6) is 0 Å². The van der Waals surface area contributed by atoms with Crippen molar-refractivity contribution in [1.29, 1.82) is 0 Å². The van der Waals surface area contributed by atoms with Gasteiger partial charge in [-0.25, -0.2) is 8.42 Å². The van der Waals surface area contributed by atoms with Crippen LogP contribution in [0.1, 0.15) is 30.4 Å². The second kappa shape index (κ2) is 11.8. The first kappa shape index (κ1) is 27.1. The number of anilines is 2. The van der Waals surface area contributed by atoms with Crippen molar-refractivity contribution >= 4 is 44.0 Å². The Hall–Kier alpha value is -3.10. The molecule has 1 amide bonds. The van der Waals surface area contributed by atoms with Crippen LogP contribution in [0.15, 0.2) is 89.9 Å². The number of amidine groups is 1. The number of aliphatic imine (C=N–C) groups is 1. The van der Waals surface area contributed by atoms with Crippen LogP contribution >= 0.6 is 11.8 Å². The lowest BCUT2D eigenvalue weighted by Crippen LogP contribution is -2.38. The summed E-state index contributed by atoms with van der Waals surface area (Å²) >= 11 is 1.44. The van der Waals surface area contributed by atoms with E-state index in [1.165, 1.54) is 35.9 Å². The molecule has 3 aromatic carbocycles. The van der Waals surface area contributed by atoms with Crippen molar-refractivity contribution in [3.63, 3.8) is 0 Å². The number of thioether (sulfide) groups is 1. The third-order valence-corrected chi connectivity index (χ3v) is 11.4. The lowest BCUT2D eigenvalue weighted by Gasteiger charge is -2.34. The molecule has 208 valence electrons. The Balaban J connectivity index is 1.14. The second-order valence-corrected chi connectivity index (χ2v) is 14.4. The van der Waals surface area contributed by atoms with Crippen LogP contribution in [-0.2, 0) is 27.5 Å². The van der Waals surface area contributed by atoms with Gasteiger partial charge < -0.3 is 9.80 Å². The zero-order valence-electron chi connectivity index (χ0n) is 22.6. The molecule has 0 aromatic heterocycles. The van der Waals surface area contributed by atoms with Crippen LogP contribution in [-0.4, -0.2) is 55.4 Å². The van der Waals surface area contributed by atoms with Gasteiger partial charge in [0, 0.05) is 36.1 Å². The van der Waals surface area contributed by atoms with Crippen LogP contribution in [0.2, 0.25) is 0 Å². The number of carbonyl (C=O) groups excluding carboxylic acids is 1. The van der Waals surface area contributed by atoms with Crippen molar-refractivity contribution in [2.75, 3.05) is 34.4 Å². The molecular formula is C32H35N3O3S2. The number of rotatable bonds is 7. The smallest absolute Gasteiger partial charge is 0.248 e. The molecule has 3 saturated heterocycles. The van der Waals surface area contributed by atoms with Gasteiger partial charge in [-0.05, 0) is 67.0 Å². The predicted molar refractivity (Wildman–Crippen MR) is 165 cm³/mol. The molecule has 40 heavy (non-hydrogen) atoms. The summed E-state index contributed by atoms with van der Waals surface area (Å²) in [6, 6.07) is 28.8. The topological polar surface area (TPSA) is 70.0 Å². The van der Waals surface area contributed by atoms with E-state index in [4.69, 9.17) is 0 Å². The Labute approximate surface area is 241 Å². The summed E-state index contributed by atoms with van der Waals surface area (Å²) in [5.74, 6) is 0.762. The molecule has 0 spiro atoms. The minimum atomic E-state index is -3.11. The van der Waals surface area contributed by atoms with E-state index in [1.54, 1.807) is 0 Å². The highest BCUT2D eigenvalue weighted by Crippen LogP contribution is 2.41. The minimum Gasteiger partial charge on any atom is -0.372 e. The highest BCUT2D eigenvalue weighted by Gasteiger charge is 2.49. The Morgan fingerprint density at radius 2 is 1.45 bits per heavy atom. The molecule has 3 fully saturated rings. The van der Waals surface area contributed by atoms with Crippen LogP contribution < -0.4 is 9.80 Å². The van der Waals surface area contributed by atoms with E-state index in [2.05, 4.69) is 64.5 Å². The van der Waals surface area contributed by atoms with E-state index < -0.39 is 9.84 Å². The lowest BCUT2D eigenvalue weighted by atomic mass is 9.90. The van der Waals surface area contributed by atoms with Crippen LogP contribution in [0.3, 0.4) is 0 Å². The largest absolute Gasteiger partial charge is 0.372 e. The lowest BCUT2D eigenvalue weighted by molar-refractivity contribution is -0.117. The Morgan fingerprint density at radius 1 is 0.825 bits per heavy atom. The summed E-state index contributed by atoms with van der Waals surface area (Å²) in [7, 11) is -3.11. The van der Waals surface area contributed by atoms with Gasteiger partial charge in [-0.1, -0.05) is 72.4 Å². The first-order chi connectivity index (χ1) is 19.4. The average molecular weight is 574 g/mol. The number of hydrogen-bond acceptors (Lipinski definition) is 5. The van der Waals surface area contributed by atoms with E-state index >= 15 is 0 Å². The number of aryl methyl sites for hydroxylation is 1. The molecule has 0 unspecified atom stereocenters. The number of sulfone groups is 1. The molecule has 3 aromatic rings. The molecule has 3 aliphatic rings. The fraction of sp³-hybridized carbons (Fsp3) is 0.375. The van der Waals surface area contributed by atoms with Crippen LogP contribution in [0.4, 0.5) is 11.4 Å². The second-order valence-electron chi connectivity index (χ2n) is 11.1. The minimum absolute atomic E-state index is 0.0958. The summed E-state index contributed by atoms with van der Waals surface area (Å²) in [5, 5.41) is 0.520. The predicted octanol–water partition coefficient (Wildman–Crippen LogP) is 5.38. The number of benzene rings is 3. The Kier molecular flexibility index (Phi) is 7.98. The van der Waals surface area contributed by atoms with E-state index in [0.29, 0.717) is 23.9 Å². The summed E-state index contributed by atoms with van der Waals surface area (Å²) in [6.07, 6.45) is 4.44. The number of nitrogens with zero attached hydrogens (tertiary/aromatic N) is 3. The van der Waals surface area contributed by atoms with Crippen molar-refractivity contribution < 1.29 is 13.2 Å². The van der Waals surface area contributed by atoms with Gasteiger partial charge in [-0.3, -0.25) is 4.79 Å². The van der Waals surface area contributed by atoms with Gasteiger partial charge in [0.1, 0.15) is 0 Å². The van der Waals surface area contributed by atoms with Gasteiger partial charge in [0.15, 0.2) is 15.0 Å². The van der Waals surface area contributed by atoms with Crippen LogP contribution in [0.25, 0.3) is 0 Å². The molecule has 3 aliphatic heterocycles. The summed E-state index contributed by atoms with van der Waals surface area (Å²) < 4.78 is 24.9. The maximum absolute atomic E-state index is 12.8. The molecule has 0 bridgehead atoms. The monoisotopic (exact) mass is 573 g/mol. The van der Waals surface area contributed by atoms with E-state index in [-0.39, 0.29) is 28.7 Å². The average Bonchev–Trinajstić information content (AvgIpc) is 3.44. The molecule has 0 aliphatic carbocycles. The van der Waals surface area contributed by atoms with Crippen LogP contribution in [0, 0.1) is 5.92 Å². The molecule has 6 rings (SSSR count). The summed E-state index contributed by atoms with van der Waals surface area (Å²) in [5.41, 5.74) is 4.60. The fourth-order valence-electron chi connectivity index (χ4n) is 6.09. The molecule has 0 saturated carbocycles. The van der Waals surface area contributed by atoms with Crippen molar-refractivity contribution in [2.24, 2.45) is 10.9 Å². The SMILES string of the molecule is O=C(CCc1ccccc1)N=C1S[C@@H]2CS(=O)(=O)C[C@@H]2N1c1ccc(N2CCC(Cc3ccccc3)CC2)cc1. The van der Waals surface area contributed by atoms with Crippen molar-refractivity contribution in [3.05, 3.63) is 96.1 Å². The summed E-state index contributed by atoms with van der Waals surface area (Å²) in [6.45, 7) is 2.06. The Bertz CT molecular complexity index is 1450. The normalized spacial score (nSPS) is 23.4. The molecule has 3 heterocycles. The fourth-order valence-corrected chi connectivity index (χ4v) is 10.0. The van der Waals surface area contributed by atoms with Gasteiger partial charge >= 0.3 is 0 Å². The highest BCUT2D eigenvalue weighted by atomic mass is 32.2. The molecule has 0 radical (unpaired) electrons. The maximum Gasteiger partial charge on any atom is 0.248 e. The van der Waals surface area contributed by atoms with E-state index in [0.717, 1.165) is 30.8 Å². The Morgan fingerprint density at radius 3 is 2.12 bits per heavy atom. The van der Waals surface area contributed by atoms with Gasteiger partial charge in [-0.15, -0.1) is 0 Å². The number of piperidine rings is 1. The van der Waals surface area contributed by atoms with Crippen molar-refractivity contribution in [3.8, 4) is 0 Å². The molecule has 2 atom stereocenters. The van der Waals surface area contributed by atoms with Gasteiger partial charge in [0.05, 0.1) is 17.5 Å². The van der Waals surface area contributed by atoms with E-state index in [9.17, 15) is 13.2 Å². The number of fused-ring (bicyclic) bond motifs is 1. The number of carbonyl (C=O) groups is 1. The maximum atomic E-state index is 12.8. The quantitative estimate of drug-likeness (QED) is 0.378. The molecule has 8 heteroatoms. The third kappa shape index (κ3) is 6.28. The first-order valence-corrected chi connectivity index (χ1v) is 16.8. The first-order valence-electron chi connectivity index (χ1n) is 14.1. The van der Waals surface area contributed by atoms with Gasteiger partial charge in [0.2, 0.25) is 5.91 Å². The van der Waals surface area contributed by atoms with Gasteiger partial charge in [0.25, 0.3) is 0 Å². The van der Waals surface area contributed by atoms with Crippen molar-refractivity contribution in [2.45, 2.75) is 43.4 Å². The number of amides is 1. The highest BCUT2D eigenvalue weighted by molar-refractivity contribution is 8.16. The van der Waals surface area contributed by atoms with E-state index in [1.807, 2.05) is 35.2 Å². The molecular weight excluding hydrogens is 539 g/mol. The van der Waals surface area contributed by atoms with Gasteiger partial charge in [-0.2, -0.15) is 4.99 Å². The third-order valence-electron chi connectivity index (χ3n) is 8.23. The number of hydrogen-bond donors (Lipinski definition) is 0. The zero-order valence-corrected chi connectivity index (χ0v) is 24.2.